The number of fused-ring (bicyclic) bond motifs is 1. The minimum absolute atomic E-state index is 0.0350. The lowest BCUT2D eigenvalue weighted by Crippen LogP contribution is -2.27. The summed E-state index contributed by atoms with van der Waals surface area (Å²) in [6, 6.07) is 8.59. The lowest BCUT2D eigenvalue weighted by atomic mass is 10.1. The summed E-state index contributed by atoms with van der Waals surface area (Å²) in [5.74, 6) is -1.05. The summed E-state index contributed by atoms with van der Waals surface area (Å²) in [7, 11) is 0. The Kier molecular flexibility index (Phi) is 7.02. The van der Waals surface area contributed by atoms with Gasteiger partial charge in [0.25, 0.3) is 5.56 Å². The number of carbonyl (C=O) groups excluding carboxylic acids is 2. The summed E-state index contributed by atoms with van der Waals surface area (Å²) in [5.41, 5.74) is 1.88. The molecule has 9 heteroatoms. The van der Waals surface area contributed by atoms with Crippen molar-refractivity contribution in [3.63, 3.8) is 0 Å². The van der Waals surface area contributed by atoms with Crippen LogP contribution >= 0.6 is 11.3 Å². The number of rotatable bonds is 9. The number of Topliss-reactive ketones (excluding diaryl/α,β-unsaturated/α-hetero) is 1. The number of aromatic nitrogens is 4. The molecule has 3 aromatic heterocycles. The Bertz CT molecular complexity index is 1400. The molecule has 0 spiro atoms. The van der Waals surface area contributed by atoms with E-state index in [0.717, 1.165) is 35.8 Å². The SMILES string of the molecule is CCCCCn1nc(C(=O)OCC(=O)c2cc(C)n(-c3nccs3)c2C)c2ccccc2c1=O. The van der Waals surface area contributed by atoms with Crippen LogP contribution in [0.2, 0.25) is 0 Å². The van der Waals surface area contributed by atoms with Gasteiger partial charge in [-0.3, -0.25) is 14.2 Å². The molecular formula is C25H26N4O4S. The lowest BCUT2D eigenvalue weighted by molar-refractivity contribution is 0.0468. The number of ether oxygens (including phenoxy) is 1. The average Bonchev–Trinajstić information content (AvgIpc) is 3.46. The van der Waals surface area contributed by atoms with Gasteiger partial charge in [-0.15, -0.1) is 11.3 Å². The summed E-state index contributed by atoms with van der Waals surface area (Å²) in [6.07, 6.45) is 4.45. The highest BCUT2D eigenvalue weighted by atomic mass is 32.1. The van der Waals surface area contributed by atoms with Crippen LogP contribution in [0.3, 0.4) is 0 Å². The summed E-state index contributed by atoms with van der Waals surface area (Å²) < 4.78 is 8.60. The van der Waals surface area contributed by atoms with Gasteiger partial charge in [-0.2, -0.15) is 5.10 Å². The summed E-state index contributed by atoms with van der Waals surface area (Å²) in [6.45, 7) is 5.80. The molecule has 0 atom stereocenters. The topological polar surface area (TPSA) is 96.1 Å². The molecule has 0 aliphatic carbocycles. The first-order valence-electron chi connectivity index (χ1n) is 11.2. The van der Waals surface area contributed by atoms with E-state index < -0.39 is 12.6 Å². The van der Waals surface area contributed by atoms with Crippen molar-refractivity contribution in [2.75, 3.05) is 6.61 Å². The number of thiazole rings is 1. The number of ketones is 1. The van der Waals surface area contributed by atoms with Crippen molar-refractivity contribution in [2.24, 2.45) is 0 Å². The largest absolute Gasteiger partial charge is 0.452 e. The van der Waals surface area contributed by atoms with Crippen molar-refractivity contribution in [1.29, 1.82) is 0 Å². The minimum Gasteiger partial charge on any atom is -0.452 e. The van der Waals surface area contributed by atoms with Crippen LogP contribution < -0.4 is 5.56 Å². The van der Waals surface area contributed by atoms with E-state index in [9.17, 15) is 14.4 Å². The lowest BCUT2D eigenvalue weighted by Gasteiger charge is -2.11. The number of hydrogen-bond donors (Lipinski definition) is 0. The van der Waals surface area contributed by atoms with Crippen molar-refractivity contribution >= 4 is 33.9 Å². The van der Waals surface area contributed by atoms with Crippen molar-refractivity contribution in [2.45, 2.75) is 46.6 Å². The van der Waals surface area contributed by atoms with Gasteiger partial charge in [-0.1, -0.05) is 38.0 Å². The molecule has 0 fully saturated rings. The molecule has 8 nitrogen and oxygen atoms in total. The van der Waals surface area contributed by atoms with Gasteiger partial charge in [-0.05, 0) is 32.4 Å². The van der Waals surface area contributed by atoms with E-state index in [4.69, 9.17) is 4.74 Å². The second-order valence-electron chi connectivity index (χ2n) is 8.06. The second kappa shape index (κ2) is 10.1. The van der Waals surface area contributed by atoms with Gasteiger partial charge in [0.2, 0.25) is 5.78 Å². The maximum absolute atomic E-state index is 13.0. The highest BCUT2D eigenvalue weighted by Gasteiger charge is 2.22. The molecule has 0 unspecified atom stereocenters. The fourth-order valence-electron chi connectivity index (χ4n) is 3.99. The van der Waals surface area contributed by atoms with Crippen LogP contribution in [-0.4, -0.2) is 37.7 Å². The normalized spacial score (nSPS) is 11.1. The van der Waals surface area contributed by atoms with Gasteiger partial charge >= 0.3 is 5.97 Å². The number of hydrogen-bond acceptors (Lipinski definition) is 7. The highest BCUT2D eigenvalue weighted by molar-refractivity contribution is 7.12. The number of aryl methyl sites for hydroxylation is 2. The Balaban J connectivity index is 1.57. The highest BCUT2D eigenvalue weighted by Crippen LogP contribution is 2.23. The quantitative estimate of drug-likeness (QED) is 0.200. The van der Waals surface area contributed by atoms with E-state index in [0.29, 0.717) is 22.9 Å². The maximum atomic E-state index is 13.0. The molecule has 4 rings (SSSR count). The third-order valence-electron chi connectivity index (χ3n) is 5.71. The van der Waals surface area contributed by atoms with Crippen molar-refractivity contribution in [1.82, 2.24) is 19.3 Å². The summed E-state index contributed by atoms with van der Waals surface area (Å²) in [4.78, 5) is 43.0. The smallest absolute Gasteiger partial charge is 0.359 e. The Morgan fingerprint density at radius 3 is 2.59 bits per heavy atom. The number of nitrogens with zero attached hydrogens (tertiary/aromatic N) is 4. The molecule has 176 valence electrons. The van der Waals surface area contributed by atoms with Crippen LogP contribution in [0.25, 0.3) is 15.9 Å². The number of carbonyl (C=O) groups is 2. The van der Waals surface area contributed by atoms with Gasteiger partial charge in [0.15, 0.2) is 17.4 Å². The molecule has 0 N–H and O–H groups in total. The standard InChI is InChI=1S/C25H26N4O4S/c1-4-5-8-12-28-23(31)19-10-7-6-9-18(19)22(27-28)24(32)33-15-21(30)20-14-16(2)29(17(20)3)25-26-11-13-34-25/h6-7,9-11,13-14H,4-5,8,12,15H2,1-3H3. The molecule has 0 aliphatic heterocycles. The third kappa shape index (κ3) is 4.56. The summed E-state index contributed by atoms with van der Waals surface area (Å²) in [5, 5.41) is 7.76. The molecular weight excluding hydrogens is 452 g/mol. The molecule has 0 amide bonds. The predicted molar refractivity (Wildman–Crippen MR) is 131 cm³/mol. The Morgan fingerprint density at radius 1 is 1.12 bits per heavy atom. The molecule has 0 radical (unpaired) electrons. The van der Waals surface area contributed by atoms with Crippen LogP contribution in [0, 0.1) is 13.8 Å². The van der Waals surface area contributed by atoms with E-state index in [1.165, 1.54) is 16.0 Å². The summed E-state index contributed by atoms with van der Waals surface area (Å²) >= 11 is 1.47. The van der Waals surface area contributed by atoms with Crippen LogP contribution in [0.15, 0.2) is 46.7 Å². The number of unbranched alkanes of at least 4 members (excludes halogenated alkanes) is 2. The molecule has 34 heavy (non-hydrogen) atoms. The zero-order valence-corrected chi connectivity index (χ0v) is 20.2. The zero-order valence-electron chi connectivity index (χ0n) is 19.4. The molecule has 0 bridgehead atoms. The van der Waals surface area contributed by atoms with E-state index >= 15 is 0 Å². The van der Waals surface area contributed by atoms with Crippen molar-refractivity contribution in [3.05, 3.63) is 74.9 Å². The first kappa shape index (κ1) is 23.6. The van der Waals surface area contributed by atoms with E-state index in [2.05, 4.69) is 17.0 Å². The number of esters is 1. The van der Waals surface area contributed by atoms with Gasteiger partial charge in [0.1, 0.15) is 0 Å². The maximum Gasteiger partial charge on any atom is 0.359 e. The van der Waals surface area contributed by atoms with Gasteiger partial charge in [0.05, 0.1) is 5.39 Å². The van der Waals surface area contributed by atoms with Crippen molar-refractivity contribution < 1.29 is 14.3 Å². The van der Waals surface area contributed by atoms with Gasteiger partial charge in [-0.25, -0.2) is 14.5 Å². The molecule has 0 saturated carbocycles. The Morgan fingerprint density at radius 2 is 1.88 bits per heavy atom. The fraction of sp³-hybridized carbons (Fsp3) is 0.320. The molecule has 0 aliphatic rings. The van der Waals surface area contributed by atoms with Crippen molar-refractivity contribution in [3.8, 4) is 5.13 Å². The molecule has 0 saturated heterocycles. The average molecular weight is 479 g/mol. The van der Waals surface area contributed by atoms with Crippen LogP contribution in [0.5, 0.6) is 0 Å². The van der Waals surface area contributed by atoms with Crippen LogP contribution in [0.1, 0.15) is 58.4 Å². The monoisotopic (exact) mass is 478 g/mol. The third-order valence-corrected chi connectivity index (χ3v) is 6.47. The number of benzene rings is 1. The first-order chi connectivity index (χ1) is 16.4. The minimum atomic E-state index is -0.734. The van der Waals surface area contributed by atoms with Gasteiger partial charge < -0.3 is 4.74 Å². The van der Waals surface area contributed by atoms with Crippen LogP contribution in [0.4, 0.5) is 0 Å². The second-order valence-corrected chi connectivity index (χ2v) is 8.94. The molecule has 1 aromatic carbocycles. The Hall–Kier alpha value is -3.59. The Labute approximate surface area is 200 Å². The van der Waals surface area contributed by atoms with Gasteiger partial charge in [0, 0.05) is 40.5 Å². The van der Waals surface area contributed by atoms with Crippen LogP contribution in [-0.2, 0) is 11.3 Å². The first-order valence-corrected chi connectivity index (χ1v) is 12.1. The fourth-order valence-corrected chi connectivity index (χ4v) is 4.74. The zero-order chi connectivity index (χ0) is 24.2. The van der Waals surface area contributed by atoms with E-state index in [-0.39, 0.29) is 17.0 Å². The predicted octanol–water partition coefficient (Wildman–Crippen LogP) is 4.49. The molecule has 4 aromatic rings. The van der Waals surface area contributed by atoms with E-state index in [1.54, 1.807) is 36.5 Å². The van der Waals surface area contributed by atoms with E-state index in [1.807, 2.05) is 23.8 Å². The molecule has 3 heterocycles.